The van der Waals surface area contributed by atoms with Crippen molar-refractivity contribution >= 4 is 57.6 Å². The number of rotatable bonds is 6. The van der Waals surface area contributed by atoms with E-state index in [1.54, 1.807) is 30.7 Å². The largest absolute Gasteiger partial charge is 0.492 e. The van der Waals surface area contributed by atoms with E-state index >= 15 is 0 Å². The van der Waals surface area contributed by atoms with Crippen molar-refractivity contribution in [1.82, 2.24) is 9.97 Å². The lowest BCUT2D eigenvalue weighted by Gasteiger charge is -2.15. The van der Waals surface area contributed by atoms with Crippen LogP contribution in [0.5, 0.6) is 5.75 Å². The maximum Gasteiger partial charge on any atom is 0.140 e. The molecule has 5 nitrogen and oxygen atoms in total. The molecule has 0 aliphatic rings. The summed E-state index contributed by atoms with van der Waals surface area (Å²) in [5, 5.41) is 14.6. The number of nitriles is 1. The minimum absolute atomic E-state index is 0.404. The molecule has 158 valence electrons. The van der Waals surface area contributed by atoms with Crippen molar-refractivity contribution in [2.24, 2.45) is 0 Å². The summed E-state index contributed by atoms with van der Waals surface area (Å²) in [6.07, 6.45) is 9.07. The van der Waals surface area contributed by atoms with Crippen molar-refractivity contribution in [3.63, 3.8) is 0 Å². The van der Waals surface area contributed by atoms with Crippen LogP contribution in [-0.2, 0) is 0 Å². The fourth-order valence-corrected chi connectivity index (χ4v) is 3.71. The van der Waals surface area contributed by atoms with Crippen LogP contribution in [0.25, 0.3) is 23.1 Å². The lowest BCUT2D eigenvalue weighted by Crippen LogP contribution is -1.99. The highest BCUT2D eigenvalue weighted by Crippen LogP contribution is 2.38. The van der Waals surface area contributed by atoms with Crippen molar-refractivity contribution in [2.75, 3.05) is 11.9 Å². The van der Waals surface area contributed by atoms with Crippen molar-refractivity contribution in [2.45, 2.75) is 6.92 Å². The number of hydrogen-bond acceptors (Lipinski definition) is 5. The van der Waals surface area contributed by atoms with Crippen molar-refractivity contribution in [1.29, 1.82) is 5.26 Å². The molecule has 2 aromatic carbocycles. The number of nitrogens with one attached hydrogen (secondary N) is 1. The summed E-state index contributed by atoms with van der Waals surface area (Å²) < 4.78 is 5.57. The average molecular weight is 461 g/mol. The molecule has 2 heterocycles. The number of pyridine rings is 2. The molecule has 4 rings (SSSR count). The van der Waals surface area contributed by atoms with Crippen LogP contribution in [0, 0.1) is 11.3 Å². The van der Waals surface area contributed by atoms with Crippen LogP contribution in [0.1, 0.15) is 23.6 Å². The predicted octanol–water partition coefficient (Wildman–Crippen LogP) is 7.12. The third-order valence-electron chi connectivity index (χ3n) is 4.77. The molecule has 1 N–H and O–H groups in total. The van der Waals surface area contributed by atoms with Crippen LogP contribution in [-0.4, -0.2) is 16.6 Å². The second-order valence-corrected chi connectivity index (χ2v) is 7.68. The Hall–Kier alpha value is -3.59. The maximum absolute atomic E-state index is 9.65. The summed E-state index contributed by atoms with van der Waals surface area (Å²) in [6, 6.07) is 15.3. The Bertz CT molecular complexity index is 1350. The normalized spacial score (nSPS) is 10.9. The van der Waals surface area contributed by atoms with Gasteiger partial charge in [-0.1, -0.05) is 47.5 Å². The predicted molar refractivity (Wildman–Crippen MR) is 131 cm³/mol. The Morgan fingerprint density at radius 1 is 1.03 bits per heavy atom. The number of hydrogen-bond donors (Lipinski definition) is 1. The molecule has 32 heavy (non-hydrogen) atoms. The zero-order chi connectivity index (χ0) is 22.5. The SMILES string of the molecule is CCOc1cc(Nc2c(C#N)cnc3cc(C=Cc4ccncc4)ccc23)c(Cl)cc1Cl. The first-order valence-corrected chi connectivity index (χ1v) is 10.6. The Labute approximate surface area is 195 Å². The molecule has 0 saturated heterocycles. The standard InChI is InChI=1S/C25H18Cl2N4O/c1-2-32-24-13-23(20(26)12-21(24)27)31-25-18(14-28)15-30-22-11-17(5-6-19(22)25)4-3-16-7-9-29-10-8-16/h3-13,15H,2H2,1H3,(H,30,31). The molecule has 2 aromatic heterocycles. The highest BCUT2D eigenvalue weighted by atomic mass is 35.5. The highest BCUT2D eigenvalue weighted by molar-refractivity contribution is 6.37. The van der Waals surface area contributed by atoms with E-state index in [1.165, 1.54) is 0 Å². The van der Waals surface area contributed by atoms with Gasteiger partial charge >= 0.3 is 0 Å². The van der Waals surface area contributed by atoms with Gasteiger partial charge < -0.3 is 10.1 Å². The van der Waals surface area contributed by atoms with Gasteiger partial charge in [-0.15, -0.1) is 0 Å². The zero-order valence-electron chi connectivity index (χ0n) is 17.1. The summed E-state index contributed by atoms with van der Waals surface area (Å²) in [7, 11) is 0. The van der Waals surface area contributed by atoms with Crippen LogP contribution in [0.15, 0.2) is 61.1 Å². The summed E-state index contributed by atoms with van der Waals surface area (Å²) in [6.45, 7) is 2.35. The molecule has 0 fully saturated rings. The second-order valence-electron chi connectivity index (χ2n) is 6.87. The van der Waals surface area contributed by atoms with Gasteiger partial charge in [0.05, 0.1) is 39.1 Å². The molecule has 0 aliphatic heterocycles. The minimum atomic E-state index is 0.404. The van der Waals surface area contributed by atoms with Crippen molar-refractivity contribution in [3.8, 4) is 11.8 Å². The van der Waals surface area contributed by atoms with Crippen molar-refractivity contribution < 1.29 is 4.74 Å². The Morgan fingerprint density at radius 3 is 2.56 bits per heavy atom. The third kappa shape index (κ3) is 4.67. The lowest BCUT2D eigenvalue weighted by atomic mass is 10.1. The first kappa shape index (κ1) is 21.6. The Balaban J connectivity index is 1.74. The number of fused-ring (bicyclic) bond motifs is 1. The molecule has 4 aromatic rings. The van der Waals surface area contributed by atoms with Gasteiger partial charge in [0, 0.05) is 30.0 Å². The minimum Gasteiger partial charge on any atom is -0.492 e. The molecule has 0 unspecified atom stereocenters. The smallest absolute Gasteiger partial charge is 0.140 e. The van der Waals surface area contributed by atoms with Crippen LogP contribution < -0.4 is 10.1 Å². The molecule has 0 saturated carbocycles. The van der Waals surface area contributed by atoms with E-state index < -0.39 is 0 Å². The number of halogens is 2. The first-order chi connectivity index (χ1) is 15.6. The van der Waals surface area contributed by atoms with Crippen LogP contribution >= 0.6 is 23.2 Å². The number of benzene rings is 2. The summed E-state index contributed by atoms with van der Waals surface area (Å²) >= 11 is 12.6. The van der Waals surface area contributed by atoms with E-state index in [4.69, 9.17) is 27.9 Å². The van der Waals surface area contributed by atoms with Crippen LogP contribution in [0.4, 0.5) is 11.4 Å². The van der Waals surface area contributed by atoms with Crippen molar-refractivity contribution in [3.05, 3.63) is 87.8 Å². The van der Waals surface area contributed by atoms with E-state index in [0.717, 1.165) is 22.0 Å². The van der Waals surface area contributed by atoms with Gasteiger partial charge in [-0.05, 0) is 42.3 Å². The molecule has 7 heteroatoms. The average Bonchev–Trinajstić information content (AvgIpc) is 2.81. The van der Waals surface area contributed by atoms with Gasteiger partial charge in [0.15, 0.2) is 0 Å². The molecular formula is C25H18Cl2N4O. The van der Waals surface area contributed by atoms with Gasteiger partial charge in [0.1, 0.15) is 11.8 Å². The molecule has 0 spiro atoms. The summed E-state index contributed by atoms with van der Waals surface area (Å²) in [4.78, 5) is 8.49. The second kappa shape index (κ2) is 9.69. The molecule has 0 aliphatic carbocycles. The summed E-state index contributed by atoms with van der Waals surface area (Å²) in [5.74, 6) is 0.515. The maximum atomic E-state index is 9.65. The fourth-order valence-electron chi connectivity index (χ4n) is 3.23. The van der Waals surface area contributed by atoms with E-state index in [-0.39, 0.29) is 0 Å². The van der Waals surface area contributed by atoms with Gasteiger partial charge in [-0.3, -0.25) is 9.97 Å². The zero-order valence-corrected chi connectivity index (χ0v) is 18.7. The summed E-state index contributed by atoms with van der Waals surface area (Å²) in [5.41, 5.74) is 4.40. The monoisotopic (exact) mass is 460 g/mol. The van der Waals surface area contributed by atoms with Crippen LogP contribution in [0.3, 0.4) is 0 Å². The molecule has 0 radical (unpaired) electrons. The molecule has 0 atom stereocenters. The van der Waals surface area contributed by atoms with Crippen LogP contribution in [0.2, 0.25) is 10.0 Å². The van der Waals surface area contributed by atoms with Gasteiger partial charge in [0.2, 0.25) is 0 Å². The van der Waals surface area contributed by atoms with E-state index in [1.807, 2.05) is 49.4 Å². The van der Waals surface area contributed by atoms with Gasteiger partial charge in [-0.2, -0.15) is 5.26 Å². The quantitative estimate of drug-likeness (QED) is 0.331. The third-order valence-corrected chi connectivity index (χ3v) is 5.38. The Kier molecular flexibility index (Phi) is 6.55. The number of ether oxygens (including phenoxy) is 1. The Morgan fingerprint density at radius 2 is 1.81 bits per heavy atom. The molecule has 0 bridgehead atoms. The fraction of sp³-hybridized carbons (Fsp3) is 0.0800. The molecule has 0 amide bonds. The van der Waals surface area contributed by atoms with E-state index in [0.29, 0.717) is 39.3 Å². The van der Waals surface area contributed by atoms with E-state index in [9.17, 15) is 5.26 Å². The number of anilines is 2. The first-order valence-electron chi connectivity index (χ1n) is 9.89. The topological polar surface area (TPSA) is 70.8 Å². The molecular weight excluding hydrogens is 443 g/mol. The lowest BCUT2D eigenvalue weighted by molar-refractivity contribution is 0.340. The van der Waals surface area contributed by atoms with Gasteiger partial charge in [-0.25, -0.2) is 0 Å². The number of nitrogens with zero attached hydrogens (tertiary/aromatic N) is 3. The van der Waals surface area contributed by atoms with E-state index in [2.05, 4.69) is 21.4 Å². The van der Waals surface area contributed by atoms with Gasteiger partial charge in [0.25, 0.3) is 0 Å². The number of aromatic nitrogens is 2. The highest BCUT2D eigenvalue weighted by Gasteiger charge is 2.14.